The second-order valence-electron chi connectivity index (χ2n) is 6.23. The highest BCUT2D eigenvalue weighted by Gasteiger charge is 2.22. The van der Waals surface area contributed by atoms with Gasteiger partial charge in [0.1, 0.15) is 5.75 Å². The maximum atomic E-state index is 12.5. The third-order valence-corrected chi connectivity index (χ3v) is 4.64. The second-order valence-corrected chi connectivity index (χ2v) is 6.67. The molecule has 2 aromatic rings. The fourth-order valence-electron chi connectivity index (χ4n) is 3.12. The van der Waals surface area contributed by atoms with Crippen LogP contribution in [0, 0.1) is 13.8 Å². The number of piperazine rings is 1. The first kappa shape index (κ1) is 17.5. The molecule has 0 spiro atoms. The fourth-order valence-corrected chi connectivity index (χ4v) is 3.45. The Morgan fingerprint density at radius 1 is 1.12 bits per heavy atom. The fraction of sp³-hybridized carbons (Fsp3) is 0.368. The molecule has 0 bridgehead atoms. The van der Waals surface area contributed by atoms with Gasteiger partial charge in [0.25, 0.3) is 5.91 Å². The molecule has 0 saturated carbocycles. The summed E-state index contributed by atoms with van der Waals surface area (Å²) in [4.78, 5) is 20.6. The van der Waals surface area contributed by atoms with E-state index >= 15 is 0 Å². The van der Waals surface area contributed by atoms with E-state index in [4.69, 9.17) is 16.3 Å². The molecule has 1 aromatic heterocycles. The Hall–Kier alpha value is -2.27. The molecule has 132 valence electrons. The topological polar surface area (TPSA) is 45.7 Å². The lowest BCUT2D eigenvalue weighted by Crippen LogP contribution is -2.50. The zero-order valence-corrected chi connectivity index (χ0v) is 15.3. The summed E-state index contributed by atoms with van der Waals surface area (Å²) in [5.74, 6) is 0.760. The number of amides is 1. The lowest BCUT2D eigenvalue weighted by molar-refractivity contribution is -0.133. The van der Waals surface area contributed by atoms with E-state index in [0.29, 0.717) is 18.1 Å². The van der Waals surface area contributed by atoms with Gasteiger partial charge >= 0.3 is 0 Å². The lowest BCUT2D eigenvalue weighted by atomic mass is 10.1. The van der Waals surface area contributed by atoms with Gasteiger partial charge in [0, 0.05) is 49.3 Å². The number of carbonyl (C=O) groups excluding carboxylic acids is 1. The van der Waals surface area contributed by atoms with E-state index in [1.165, 1.54) is 0 Å². The van der Waals surface area contributed by atoms with Gasteiger partial charge in [-0.3, -0.25) is 9.78 Å². The predicted molar refractivity (Wildman–Crippen MR) is 99.5 cm³/mol. The molecule has 25 heavy (non-hydrogen) atoms. The van der Waals surface area contributed by atoms with E-state index in [0.717, 1.165) is 35.7 Å². The van der Waals surface area contributed by atoms with Crippen LogP contribution in [-0.4, -0.2) is 48.6 Å². The van der Waals surface area contributed by atoms with E-state index in [-0.39, 0.29) is 12.5 Å². The van der Waals surface area contributed by atoms with E-state index < -0.39 is 0 Å². The number of nitrogens with zero attached hydrogens (tertiary/aromatic N) is 3. The van der Waals surface area contributed by atoms with Crippen LogP contribution >= 0.6 is 11.6 Å². The largest absolute Gasteiger partial charge is 0.483 e. The molecular formula is C19H22ClN3O2. The zero-order valence-electron chi connectivity index (χ0n) is 14.5. The van der Waals surface area contributed by atoms with Crippen LogP contribution in [0.4, 0.5) is 5.69 Å². The Morgan fingerprint density at radius 3 is 2.32 bits per heavy atom. The van der Waals surface area contributed by atoms with Crippen molar-refractivity contribution in [1.82, 2.24) is 9.88 Å². The first-order chi connectivity index (χ1) is 12.0. The van der Waals surface area contributed by atoms with Crippen molar-refractivity contribution in [2.24, 2.45) is 0 Å². The van der Waals surface area contributed by atoms with Crippen molar-refractivity contribution in [2.75, 3.05) is 37.7 Å². The van der Waals surface area contributed by atoms with Gasteiger partial charge in [-0.05, 0) is 49.2 Å². The SMILES string of the molecule is Cc1cc(Cl)cc(C)c1OCC(=O)N1CCN(c2ccncc2)CC1. The molecule has 0 radical (unpaired) electrons. The van der Waals surface area contributed by atoms with Gasteiger partial charge in [-0.1, -0.05) is 11.6 Å². The molecule has 0 N–H and O–H groups in total. The van der Waals surface area contributed by atoms with Crippen molar-refractivity contribution < 1.29 is 9.53 Å². The summed E-state index contributed by atoms with van der Waals surface area (Å²) >= 11 is 6.03. The lowest BCUT2D eigenvalue weighted by Gasteiger charge is -2.36. The molecule has 5 nitrogen and oxygen atoms in total. The summed E-state index contributed by atoms with van der Waals surface area (Å²) in [5.41, 5.74) is 3.03. The second kappa shape index (κ2) is 7.74. The highest BCUT2D eigenvalue weighted by molar-refractivity contribution is 6.30. The first-order valence-electron chi connectivity index (χ1n) is 8.37. The number of halogens is 1. The van der Waals surface area contributed by atoms with Gasteiger partial charge < -0.3 is 14.5 Å². The molecule has 1 aliphatic heterocycles. The molecule has 1 aliphatic rings. The summed E-state index contributed by atoms with van der Waals surface area (Å²) < 4.78 is 5.78. The van der Waals surface area contributed by atoms with Crippen LogP contribution in [0.15, 0.2) is 36.7 Å². The maximum absolute atomic E-state index is 12.5. The molecule has 3 rings (SSSR count). The van der Waals surface area contributed by atoms with Crippen molar-refractivity contribution in [1.29, 1.82) is 0 Å². The molecular weight excluding hydrogens is 338 g/mol. The van der Waals surface area contributed by atoms with Gasteiger partial charge in [-0.15, -0.1) is 0 Å². The van der Waals surface area contributed by atoms with Crippen molar-refractivity contribution >= 4 is 23.2 Å². The Labute approximate surface area is 153 Å². The normalized spacial score (nSPS) is 14.5. The monoisotopic (exact) mass is 359 g/mol. The molecule has 1 amide bonds. The minimum Gasteiger partial charge on any atom is -0.483 e. The number of carbonyl (C=O) groups is 1. The van der Waals surface area contributed by atoms with Gasteiger partial charge in [0.2, 0.25) is 0 Å². The van der Waals surface area contributed by atoms with Crippen LogP contribution in [0.1, 0.15) is 11.1 Å². The van der Waals surface area contributed by atoms with Crippen molar-refractivity contribution in [2.45, 2.75) is 13.8 Å². The number of pyridine rings is 1. The molecule has 0 unspecified atom stereocenters. The summed E-state index contributed by atoms with van der Waals surface area (Å²) in [6, 6.07) is 7.68. The van der Waals surface area contributed by atoms with Crippen LogP contribution in [0.3, 0.4) is 0 Å². The maximum Gasteiger partial charge on any atom is 0.260 e. The van der Waals surface area contributed by atoms with Gasteiger partial charge in [0.05, 0.1) is 0 Å². The number of anilines is 1. The van der Waals surface area contributed by atoms with E-state index in [2.05, 4.69) is 9.88 Å². The average molecular weight is 360 g/mol. The van der Waals surface area contributed by atoms with E-state index in [9.17, 15) is 4.79 Å². The van der Waals surface area contributed by atoms with Crippen LogP contribution < -0.4 is 9.64 Å². The molecule has 1 fully saturated rings. The summed E-state index contributed by atoms with van der Waals surface area (Å²) in [6.45, 7) is 6.95. The summed E-state index contributed by atoms with van der Waals surface area (Å²) in [7, 11) is 0. The standard InChI is InChI=1S/C19H22ClN3O2/c1-14-11-16(20)12-15(2)19(14)25-13-18(24)23-9-7-22(8-10-23)17-3-5-21-6-4-17/h3-6,11-12H,7-10,13H2,1-2H3. The number of aryl methyl sites for hydroxylation is 2. The van der Waals surface area contributed by atoms with Gasteiger partial charge in [-0.25, -0.2) is 0 Å². The highest BCUT2D eigenvalue weighted by Crippen LogP contribution is 2.27. The van der Waals surface area contributed by atoms with Crippen molar-refractivity contribution in [3.05, 3.63) is 52.8 Å². The number of rotatable bonds is 4. The van der Waals surface area contributed by atoms with Gasteiger partial charge in [0.15, 0.2) is 6.61 Å². The Balaban J connectivity index is 1.53. The molecule has 0 atom stereocenters. The molecule has 0 aliphatic carbocycles. The first-order valence-corrected chi connectivity index (χ1v) is 8.74. The van der Waals surface area contributed by atoms with Crippen molar-refractivity contribution in [3.63, 3.8) is 0 Å². The molecule has 6 heteroatoms. The molecule has 1 aromatic carbocycles. The molecule has 2 heterocycles. The minimum absolute atomic E-state index is 0.0168. The van der Waals surface area contributed by atoms with E-state index in [1.807, 2.05) is 43.0 Å². The minimum atomic E-state index is 0.0168. The Morgan fingerprint density at radius 2 is 1.72 bits per heavy atom. The summed E-state index contributed by atoms with van der Waals surface area (Å²) in [5, 5.41) is 0.681. The average Bonchev–Trinajstić information content (AvgIpc) is 2.61. The van der Waals surface area contributed by atoms with Crippen LogP contribution in [0.25, 0.3) is 0 Å². The quantitative estimate of drug-likeness (QED) is 0.841. The summed E-state index contributed by atoms with van der Waals surface area (Å²) in [6.07, 6.45) is 3.58. The number of aromatic nitrogens is 1. The number of benzene rings is 1. The highest BCUT2D eigenvalue weighted by atomic mass is 35.5. The molecule has 1 saturated heterocycles. The van der Waals surface area contributed by atoms with Gasteiger partial charge in [-0.2, -0.15) is 0 Å². The van der Waals surface area contributed by atoms with Crippen LogP contribution in [-0.2, 0) is 4.79 Å². The van der Waals surface area contributed by atoms with Crippen LogP contribution in [0.2, 0.25) is 5.02 Å². The smallest absolute Gasteiger partial charge is 0.260 e. The number of hydrogen-bond acceptors (Lipinski definition) is 4. The Bertz CT molecular complexity index is 721. The third kappa shape index (κ3) is 4.23. The predicted octanol–water partition coefficient (Wildman–Crippen LogP) is 3.08. The number of hydrogen-bond donors (Lipinski definition) is 0. The Kier molecular flexibility index (Phi) is 5.43. The van der Waals surface area contributed by atoms with Crippen molar-refractivity contribution in [3.8, 4) is 5.75 Å². The zero-order chi connectivity index (χ0) is 17.8. The van der Waals surface area contributed by atoms with E-state index in [1.54, 1.807) is 12.4 Å². The number of ether oxygens (including phenoxy) is 1. The van der Waals surface area contributed by atoms with Crippen LogP contribution in [0.5, 0.6) is 5.75 Å². The third-order valence-electron chi connectivity index (χ3n) is 4.43.